The molecule has 0 radical (unpaired) electrons. The highest BCUT2D eigenvalue weighted by molar-refractivity contribution is 5.88. The minimum absolute atomic E-state index is 0.181. The van der Waals surface area contributed by atoms with Crippen molar-refractivity contribution in [3.63, 3.8) is 0 Å². The van der Waals surface area contributed by atoms with Gasteiger partial charge in [-0.1, -0.05) is 25.1 Å². The number of aromatic nitrogens is 4. The fourth-order valence-corrected chi connectivity index (χ4v) is 1.94. The summed E-state index contributed by atoms with van der Waals surface area (Å²) >= 11 is 0. The number of nitrogens with zero attached hydrogens (tertiary/aromatic N) is 5. The van der Waals surface area contributed by atoms with Gasteiger partial charge in [-0.2, -0.15) is 0 Å². The number of nitrogens with one attached hydrogen (secondary N) is 1. The van der Waals surface area contributed by atoms with Gasteiger partial charge < -0.3 is 4.90 Å². The normalized spacial score (nSPS) is 10.7. The van der Waals surface area contributed by atoms with Gasteiger partial charge in [0, 0.05) is 19.8 Å². The molecule has 0 bridgehead atoms. The number of pyridine rings is 1. The Balaban J connectivity index is 2.08. The van der Waals surface area contributed by atoms with Gasteiger partial charge in [-0.3, -0.25) is 10.3 Å². The standard InChI is InChI=1S/C14H20N6O/c1-11(2)9-20(10-12-6-4-5-7-15-12)14(21)17-13-8-16-18-19(13)3/h4-8,11H,9-10H2,1-3H3,(H,17,21). The number of urea groups is 1. The molecule has 0 atom stereocenters. The number of carbonyl (C=O) groups excluding carboxylic acids is 1. The SMILES string of the molecule is CC(C)CN(Cc1ccccn1)C(=O)Nc1cnnn1C. The fourth-order valence-electron chi connectivity index (χ4n) is 1.94. The second-order valence-electron chi connectivity index (χ2n) is 5.27. The van der Waals surface area contributed by atoms with Crippen LogP contribution in [0.25, 0.3) is 0 Å². The summed E-state index contributed by atoms with van der Waals surface area (Å²) in [6, 6.07) is 5.50. The van der Waals surface area contributed by atoms with E-state index < -0.39 is 0 Å². The summed E-state index contributed by atoms with van der Waals surface area (Å²) in [7, 11) is 1.73. The van der Waals surface area contributed by atoms with Crippen molar-refractivity contribution >= 4 is 11.8 Å². The van der Waals surface area contributed by atoms with Crippen LogP contribution >= 0.6 is 0 Å². The third-order valence-corrected chi connectivity index (χ3v) is 2.90. The van der Waals surface area contributed by atoms with E-state index in [0.29, 0.717) is 24.8 Å². The second-order valence-corrected chi connectivity index (χ2v) is 5.27. The van der Waals surface area contributed by atoms with Crippen LogP contribution in [0.4, 0.5) is 10.6 Å². The Kier molecular flexibility index (Phi) is 4.86. The van der Waals surface area contributed by atoms with Gasteiger partial charge >= 0.3 is 6.03 Å². The predicted octanol–water partition coefficient (Wildman–Crippen LogP) is 1.90. The van der Waals surface area contributed by atoms with E-state index in [2.05, 4.69) is 34.5 Å². The topological polar surface area (TPSA) is 75.9 Å². The average Bonchev–Trinajstić information content (AvgIpc) is 2.84. The van der Waals surface area contributed by atoms with Crippen molar-refractivity contribution in [1.29, 1.82) is 0 Å². The van der Waals surface area contributed by atoms with Gasteiger partial charge in [0.05, 0.1) is 18.4 Å². The number of amides is 2. The molecule has 1 N–H and O–H groups in total. The van der Waals surface area contributed by atoms with Gasteiger partial charge in [0.15, 0.2) is 5.82 Å². The van der Waals surface area contributed by atoms with Crippen molar-refractivity contribution in [3.05, 3.63) is 36.3 Å². The lowest BCUT2D eigenvalue weighted by molar-refractivity contribution is 0.200. The van der Waals surface area contributed by atoms with Crippen LogP contribution in [0.5, 0.6) is 0 Å². The minimum atomic E-state index is -0.181. The van der Waals surface area contributed by atoms with Gasteiger partial charge in [0.25, 0.3) is 0 Å². The van der Waals surface area contributed by atoms with Crippen LogP contribution in [0.2, 0.25) is 0 Å². The Bertz CT molecular complexity index is 580. The molecule has 2 amide bonds. The molecule has 0 aromatic carbocycles. The van der Waals surface area contributed by atoms with Crippen molar-refractivity contribution in [1.82, 2.24) is 24.9 Å². The molecule has 0 aliphatic heterocycles. The van der Waals surface area contributed by atoms with Crippen LogP contribution in [0.15, 0.2) is 30.6 Å². The van der Waals surface area contributed by atoms with E-state index in [4.69, 9.17) is 0 Å². The highest BCUT2D eigenvalue weighted by Crippen LogP contribution is 2.09. The van der Waals surface area contributed by atoms with Crippen LogP contribution in [-0.4, -0.2) is 37.5 Å². The number of hydrogen-bond donors (Lipinski definition) is 1. The number of carbonyl (C=O) groups is 1. The van der Waals surface area contributed by atoms with Gasteiger partial charge in [-0.05, 0) is 18.1 Å². The summed E-state index contributed by atoms with van der Waals surface area (Å²) in [6.45, 7) is 5.26. The largest absolute Gasteiger partial charge is 0.323 e. The van der Waals surface area contributed by atoms with Gasteiger partial charge in [0.1, 0.15) is 0 Å². The Morgan fingerprint density at radius 3 is 2.81 bits per heavy atom. The fraction of sp³-hybridized carbons (Fsp3) is 0.429. The van der Waals surface area contributed by atoms with Crippen LogP contribution in [0, 0.1) is 5.92 Å². The summed E-state index contributed by atoms with van der Waals surface area (Å²) in [5.74, 6) is 0.930. The summed E-state index contributed by atoms with van der Waals surface area (Å²) in [4.78, 5) is 18.4. The van der Waals surface area contributed by atoms with E-state index in [1.54, 1.807) is 18.1 Å². The first-order chi connectivity index (χ1) is 10.1. The Hall–Kier alpha value is -2.44. The zero-order valence-electron chi connectivity index (χ0n) is 12.5. The van der Waals surface area contributed by atoms with E-state index in [1.165, 1.54) is 10.9 Å². The number of anilines is 1. The first-order valence-corrected chi connectivity index (χ1v) is 6.86. The molecule has 112 valence electrons. The lowest BCUT2D eigenvalue weighted by atomic mass is 10.2. The van der Waals surface area contributed by atoms with Gasteiger partial charge in [0.2, 0.25) is 0 Å². The molecular weight excluding hydrogens is 268 g/mol. The van der Waals surface area contributed by atoms with Crippen molar-refractivity contribution < 1.29 is 4.79 Å². The summed E-state index contributed by atoms with van der Waals surface area (Å²) in [6.07, 6.45) is 3.25. The maximum absolute atomic E-state index is 12.4. The molecule has 2 aromatic heterocycles. The third-order valence-electron chi connectivity index (χ3n) is 2.90. The molecule has 0 spiro atoms. The van der Waals surface area contributed by atoms with Crippen LogP contribution in [-0.2, 0) is 13.6 Å². The maximum atomic E-state index is 12.4. The predicted molar refractivity (Wildman–Crippen MR) is 79.5 cm³/mol. The molecule has 2 heterocycles. The molecule has 7 nitrogen and oxygen atoms in total. The van der Waals surface area contributed by atoms with E-state index >= 15 is 0 Å². The lowest BCUT2D eigenvalue weighted by Gasteiger charge is -2.24. The van der Waals surface area contributed by atoms with Gasteiger partial charge in [-0.25, -0.2) is 9.48 Å². The number of hydrogen-bond acceptors (Lipinski definition) is 4. The molecule has 21 heavy (non-hydrogen) atoms. The second kappa shape index (κ2) is 6.83. The molecule has 0 saturated heterocycles. The van der Waals surface area contributed by atoms with Gasteiger partial charge in [-0.15, -0.1) is 5.10 Å². The van der Waals surface area contributed by atoms with Crippen LogP contribution in [0.3, 0.4) is 0 Å². The van der Waals surface area contributed by atoms with Crippen molar-refractivity contribution in [2.75, 3.05) is 11.9 Å². The molecule has 0 saturated carbocycles. The number of rotatable bonds is 5. The van der Waals surface area contributed by atoms with E-state index in [0.717, 1.165) is 5.69 Å². The molecule has 0 fully saturated rings. The first kappa shape index (κ1) is 15.0. The first-order valence-electron chi connectivity index (χ1n) is 6.86. The summed E-state index contributed by atoms with van der Waals surface area (Å²) < 4.78 is 1.52. The number of aryl methyl sites for hydroxylation is 1. The van der Waals surface area contributed by atoms with Crippen LogP contribution < -0.4 is 5.32 Å². The van der Waals surface area contributed by atoms with E-state index in [9.17, 15) is 4.79 Å². The molecule has 0 aliphatic rings. The molecular formula is C14H20N6O. The van der Waals surface area contributed by atoms with E-state index in [1.807, 2.05) is 18.2 Å². The molecule has 0 unspecified atom stereocenters. The zero-order chi connectivity index (χ0) is 15.2. The van der Waals surface area contributed by atoms with Crippen LogP contribution in [0.1, 0.15) is 19.5 Å². The van der Waals surface area contributed by atoms with Crippen molar-refractivity contribution in [3.8, 4) is 0 Å². The van der Waals surface area contributed by atoms with Crippen molar-refractivity contribution in [2.24, 2.45) is 13.0 Å². The highest BCUT2D eigenvalue weighted by atomic mass is 16.2. The molecule has 2 aromatic rings. The Labute approximate surface area is 124 Å². The monoisotopic (exact) mass is 288 g/mol. The Morgan fingerprint density at radius 2 is 2.24 bits per heavy atom. The Morgan fingerprint density at radius 1 is 1.43 bits per heavy atom. The third kappa shape index (κ3) is 4.27. The van der Waals surface area contributed by atoms with E-state index in [-0.39, 0.29) is 6.03 Å². The quantitative estimate of drug-likeness (QED) is 0.911. The lowest BCUT2D eigenvalue weighted by Crippen LogP contribution is -2.37. The minimum Gasteiger partial charge on any atom is -0.318 e. The molecule has 0 aliphatic carbocycles. The highest BCUT2D eigenvalue weighted by Gasteiger charge is 2.17. The molecule has 7 heteroatoms. The zero-order valence-corrected chi connectivity index (χ0v) is 12.5. The maximum Gasteiger partial charge on any atom is 0.323 e. The smallest absolute Gasteiger partial charge is 0.318 e. The van der Waals surface area contributed by atoms with Crippen molar-refractivity contribution in [2.45, 2.75) is 20.4 Å². The summed E-state index contributed by atoms with van der Waals surface area (Å²) in [5, 5.41) is 10.4. The average molecular weight is 288 g/mol. The summed E-state index contributed by atoms with van der Waals surface area (Å²) in [5.41, 5.74) is 0.858. The molecule has 2 rings (SSSR count).